The second-order valence-corrected chi connectivity index (χ2v) is 19.6. The van der Waals surface area contributed by atoms with Crippen LogP contribution in [0.5, 0.6) is 17.2 Å². The van der Waals surface area contributed by atoms with Gasteiger partial charge in [0.05, 0.1) is 63.4 Å². The van der Waals surface area contributed by atoms with Crippen molar-refractivity contribution in [2.24, 2.45) is 20.0 Å². The maximum atomic E-state index is 15.5. The van der Waals surface area contributed by atoms with Crippen molar-refractivity contribution in [1.29, 1.82) is 0 Å². The van der Waals surface area contributed by atoms with Gasteiger partial charge in [-0.1, -0.05) is 139 Å². The molecule has 0 fully saturated rings. The van der Waals surface area contributed by atoms with Crippen LogP contribution in [0.2, 0.25) is 0 Å². The first-order valence-electron chi connectivity index (χ1n) is 25.2. The predicted octanol–water partition coefficient (Wildman–Crippen LogP) is 12.7. The first kappa shape index (κ1) is 48.7. The first-order chi connectivity index (χ1) is 37.0. The van der Waals surface area contributed by atoms with Gasteiger partial charge in [-0.05, 0) is 126 Å². The van der Waals surface area contributed by atoms with E-state index >= 15 is 19.8 Å². The molecule has 0 unspecified atom stereocenters. The number of ketones is 2. The largest absolute Gasteiger partial charge is 2.00 e. The van der Waals surface area contributed by atoms with E-state index in [4.69, 9.17) is 29.4 Å². The summed E-state index contributed by atoms with van der Waals surface area (Å²) in [5.41, 5.74) is 7.65. The molecule has 0 saturated heterocycles. The molecular weight excluding hydrogens is 1010 g/mol. The van der Waals surface area contributed by atoms with Crippen LogP contribution in [0, 0.1) is 0 Å². The third kappa shape index (κ3) is 8.05. The first-order valence-corrected chi connectivity index (χ1v) is 25.2. The molecule has 0 amide bonds. The van der Waals surface area contributed by atoms with Gasteiger partial charge in [0.2, 0.25) is 5.78 Å². The molecule has 0 aromatic heterocycles. The number of Topliss-reactive ketones (excluding diaryl/α,β-unsaturated/α-hetero) is 2. The molecule has 6 aliphatic rings. The Morgan fingerprint density at radius 2 is 0.857 bits per heavy atom. The Balaban J connectivity index is 0.00000596. The molecule has 1 aliphatic carbocycles. The minimum atomic E-state index is -0.482. The van der Waals surface area contributed by atoms with Gasteiger partial charge >= 0.3 is 19.5 Å². The van der Waals surface area contributed by atoms with Gasteiger partial charge in [-0.2, -0.15) is 0 Å². The van der Waals surface area contributed by atoms with Gasteiger partial charge in [0.25, 0.3) is 0 Å². The van der Waals surface area contributed by atoms with Crippen molar-refractivity contribution in [1.82, 2.24) is 0 Å². The molecule has 13 rings (SSSR count). The van der Waals surface area contributed by atoms with E-state index in [-0.39, 0.29) is 64.0 Å². The Hall–Kier alpha value is -9.18. The number of fused-ring (bicyclic) bond motifs is 10. The predicted molar refractivity (Wildman–Crippen MR) is 299 cm³/mol. The van der Waals surface area contributed by atoms with Crippen molar-refractivity contribution < 1.29 is 48.8 Å². The van der Waals surface area contributed by atoms with Crippen LogP contribution in [0.25, 0.3) is 49.0 Å². The quantitative estimate of drug-likeness (QED) is 0.109. The van der Waals surface area contributed by atoms with E-state index < -0.39 is 35.3 Å². The topological polar surface area (TPSA) is 148 Å². The molecule has 0 spiro atoms. The zero-order valence-corrected chi connectivity index (χ0v) is 45.4. The maximum Gasteiger partial charge on any atom is 2.00 e. The van der Waals surface area contributed by atoms with E-state index in [2.05, 4.69) is 0 Å². The van der Waals surface area contributed by atoms with Crippen LogP contribution >= 0.6 is 0 Å². The fourth-order valence-electron chi connectivity index (χ4n) is 10.9. The number of rotatable bonds is 8. The SMILES string of the molecule is CC(C)OC1=C(C2=C3C=CC(=N3)C(c3ccccc3)=C3C=CC(=N3)C(c3c(OC(C)C)c([O-])c4c(ccc5ccccc54)c3[O-])=C3C=CC(=N3)C(c3ccccc3)=C3C=CC2=N3)C(=O)c2ccc3ccccc3c2C1=O.[Zn+2]. The molecular formula is C66H44N4O6Zn. The van der Waals surface area contributed by atoms with E-state index in [1.54, 1.807) is 12.1 Å². The number of carbonyl (C=O) groups excluding carboxylic acids is 2. The van der Waals surface area contributed by atoms with Gasteiger partial charge in [-0.25, -0.2) is 20.0 Å². The molecule has 11 heteroatoms. The summed E-state index contributed by atoms with van der Waals surface area (Å²) in [6.45, 7) is 7.31. The van der Waals surface area contributed by atoms with Crippen LogP contribution in [0.1, 0.15) is 65.1 Å². The summed E-state index contributed by atoms with van der Waals surface area (Å²) in [6, 6.07) is 41.6. The van der Waals surface area contributed by atoms with Crippen molar-refractivity contribution >= 4 is 83.4 Å². The van der Waals surface area contributed by atoms with E-state index in [1.807, 2.05) is 198 Å². The minimum Gasteiger partial charge on any atom is -0.872 e. The Labute approximate surface area is 456 Å². The van der Waals surface area contributed by atoms with Gasteiger partial charge in [0.15, 0.2) is 11.5 Å². The number of hydrogen-bond donors (Lipinski definition) is 0. The molecule has 10 nitrogen and oxygen atoms in total. The summed E-state index contributed by atoms with van der Waals surface area (Å²) < 4.78 is 13.0. The third-order valence-electron chi connectivity index (χ3n) is 14.1. The minimum absolute atomic E-state index is 0. The molecule has 77 heavy (non-hydrogen) atoms. The van der Waals surface area contributed by atoms with Crippen molar-refractivity contribution in [2.75, 3.05) is 0 Å². The molecule has 366 valence electrons. The zero-order valence-electron chi connectivity index (χ0n) is 42.4. The fourth-order valence-corrected chi connectivity index (χ4v) is 10.9. The summed E-state index contributed by atoms with van der Waals surface area (Å²) in [4.78, 5) is 52.0. The fraction of sp³-hybridized carbons (Fsp3) is 0.0909. The average molecular weight is 1050 g/mol. The number of hydrogen-bond acceptors (Lipinski definition) is 10. The zero-order chi connectivity index (χ0) is 51.9. The van der Waals surface area contributed by atoms with Crippen LogP contribution in [-0.4, -0.2) is 46.6 Å². The molecule has 0 radical (unpaired) electrons. The van der Waals surface area contributed by atoms with E-state index in [0.717, 1.165) is 21.9 Å². The van der Waals surface area contributed by atoms with Crippen molar-refractivity contribution in [2.45, 2.75) is 39.9 Å². The van der Waals surface area contributed by atoms with E-state index in [1.165, 1.54) is 0 Å². The summed E-state index contributed by atoms with van der Waals surface area (Å²) in [5, 5.41) is 34.1. The van der Waals surface area contributed by atoms with Crippen molar-refractivity contribution in [3.05, 3.63) is 250 Å². The second-order valence-electron chi connectivity index (χ2n) is 19.6. The molecule has 5 aliphatic heterocycles. The number of nitrogens with zero attached hydrogens (tertiary/aromatic N) is 4. The van der Waals surface area contributed by atoms with Gasteiger partial charge in [-0.15, -0.1) is 0 Å². The van der Waals surface area contributed by atoms with Crippen LogP contribution in [0.3, 0.4) is 0 Å². The maximum absolute atomic E-state index is 15.5. The summed E-state index contributed by atoms with van der Waals surface area (Å²) in [7, 11) is 0. The summed E-state index contributed by atoms with van der Waals surface area (Å²) in [6.07, 6.45) is 13.8. The monoisotopic (exact) mass is 1050 g/mol. The van der Waals surface area contributed by atoms with Gasteiger partial charge < -0.3 is 19.7 Å². The normalized spacial score (nSPS) is 16.7. The second kappa shape index (κ2) is 19.2. The molecule has 8 bridgehead atoms. The van der Waals surface area contributed by atoms with Crippen molar-refractivity contribution in [3.8, 4) is 17.2 Å². The number of ether oxygens (including phenoxy) is 2. The molecule has 0 saturated carbocycles. The van der Waals surface area contributed by atoms with Crippen molar-refractivity contribution in [3.63, 3.8) is 0 Å². The third-order valence-corrected chi connectivity index (χ3v) is 14.1. The molecule has 7 aromatic carbocycles. The Morgan fingerprint density at radius 1 is 0.403 bits per heavy atom. The number of carbonyl (C=O) groups is 2. The summed E-state index contributed by atoms with van der Waals surface area (Å²) >= 11 is 0. The number of benzene rings is 7. The van der Waals surface area contributed by atoms with E-state index in [9.17, 15) is 0 Å². The Bertz CT molecular complexity index is 4210. The standard InChI is InChI=1S/C66H46N4O6.Zn/c1-35(2)75-65-59(61(71)43-25-23-37-15-11-13-21-41(37)55(43)63(65)73)57-49-31-27-45(67-49)53(39-17-7-5-8-18-39)47-29-33-51(69-47)58(52-34-30-48(70-52)54(40-19-9-6-10-20-40)46-28-32-50(57)68-46)60-62(72)44-26-24-38-16-12-14-22-42(38)56(44)64(74)66(60)76-36(3)4;/h5-36,71,73H,1-4H3;/q;+2/p-2. The average Bonchev–Trinajstić information content (AvgIpc) is 4.31. The van der Waals surface area contributed by atoms with Crippen LogP contribution in [0.4, 0.5) is 0 Å². The van der Waals surface area contributed by atoms with Crippen LogP contribution in [-0.2, 0) is 24.2 Å². The Morgan fingerprint density at radius 3 is 1.42 bits per heavy atom. The van der Waals surface area contributed by atoms with Crippen LogP contribution in [0.15, 0.2) is 242 Å². The number of allylic oxidation sites excluding steroid dienone is 14. The van der Waals surface area contributed by atoms with Gasteiger partial charge in [-0.3, -0.25) is 9.59 Å². The van der Waals surface area contributed by atoms with Gasteiger partial charge in [0, 0.05) is 39.0 Å². The number of aliphatic imine (C=N–C) groups is 4. The molecule has 0 atom stereocenters. The van der Waals surface area contributed by atoms with Crippen LogP contribution < -0.4 is 14.9 Å². The smallest absolute Gasteiger partial charge is 0.872 e. The molecule has 0 N–H and O–H groups in total. The molecule has 7 aromatic rings. The summed E-state index contributed by atoms with van der Waals surface area (Å²) in [5.74, 6) is -1.80. The van der Waals surface area contributed by atoms with Gasteiger partial charge in [0.1, 0.15) is 5.75 Å². The molecule has 5 heterocycles. The Kier molecular flexibility index (Phi) is 12.1. The van der Waals surface area contributed by atoms with E-state index in [0.29, 0.717) is 78.7 Å².